The molecule has 0 unspecified atom stereocenters. The van der Waals surface area contributed by atoms with Crippen molar-refractivity contribution in [3.05, 3.63) is 45.4 Å². The molecule has 0 saturated carbocycles. The van der Waals surface area contributed by atoms with E-state index in [4.69, 9.17) is 16.3 Å². The van der Waals surface area contributed by atoms with Crippen molar-refractivity contribution in [1.82, 2.24) is 10.3 Å². The number of anilines is 1. The van der Waals surface area contributed by atoms with Gasteiger partial charge in [-0.2, -0.15) is 0 Å². The monoisotopic (exact) mass is 337 g/mol. The summed E-state index contributed by atoms with van der Waals surface area (Å²) in [6, 6.07) is 7.47. The number of carbonyl (C=O) groups excluding carboxylic acids is 1. The first-order valence-corrected chi connectivity index (χ1v) is 8.23. The Morgan fingerprint density at radius 2 is 2.18 bits per heavy atom. The molecule has 2 aromatic rings. The molecule has 1 fully saturated rings. The normalized spacial score (nSPS) is 14.9. The van der Waals surface area contributed by atoms with Gasteiger partial charge in [0.05, 0.1) is 24.1 Å². The molecule has 3 rings (SSSR count). The summed E-state index contributed by atoms with van der Waals surface area (Å²) in [6.45, 7) is 3.54. The van der Waals surface area contributed by atoms with Gasteiger partial charge in [0.15, 0.2) is 0 Å². The van der Waals surface area contributed by atoms with E-state index in [9.17, 15) is 4.79 Å². The van der Waals surface area contributed by atoms with E-state index < -0.39 is 0 Å². The van der Waals surface area contributed by atoms with Crippen LogP contribution in [0, 0.1) is 0 Å². The zero-order chi connectivity index (χ0) is 15.4. The summed E-state index contributed by atoms with van der Waals surface area (Å²) in [4.78, 5) is 19.6. The lowest BCUT2D eigenvalue weighted by Crippen LogP contribution is -2.36. The van der Waals surface area contributed by atoms with E-state index in [1.165, 1.54) is 11.3 Å². The van der Waals surface area contributed by atoms with E-state index in [0.717, 1.165) is 28.0 Å². The average Bonchev–Trinajstić information content (AvgIpc) is 2.99. The summed E-state index contributed by atoms with van der Waals surface area (Å²) in [7, 11) is 0. The van der Waals surface area contributed by atoms with Crippen LogP contribution < -0.4 is 10.2 Å². The number of pyridine rings is 1. The molecule has 0 aliphatic carbocycles. The second kappa shape index (κ2) is 7.09. The number of hydrogen-bond donors (Lipinski definition) is 1. The highest BCUT2D eigenvalue weighted by Crippen LogP contribution is 2.21. The minimum atomic E-state index is -0.181. The zero-order valence-corrected chi connectivity index (χ0v) is 13.5. The lowest BCUT2D eigenvalue weighted by Gasteiger charge is -2.28. The lowest BCUT2D eigenvalue weighted by atomic mass is 10.2. The Morgan fingerprint density at radius 3 is 2.91 bits per heavy atom. The number of nitrogens with one attached hydrogen (secondary N) is 1. The smallest absolute Gasteiger partial charge is 0.270 e. The number of nitrogens with zero attached hydrogens (tertiary/aromatic N) is 2. The molecular weight excluding hydrogens is 322 g/mol. The maximum Gasteiger partial charge on any atom is 0.270 e. The molecule has 116 valence electrons. The van der Waals surface area contributed by atoms with Gasteiger partial charge in [-0.05, 0) is 24.3 Å². The Morgan fingerprint density at radius 1 is 1.36 bits per heavy atom. The molecule has 0 radical (unpaired) electrons. The van der Waals surface area contributed by atoms with Crippen LogP contribution in [0.3, 0.4) is 0 Å². The molecule has 1 saturated heterocycles. The third-order valence-corrected chi connectivity index (χ3v) is 4.64. The summed E-state index contributed by atoms with van der Waals surface area (Å²) in [5.41, 5.74) is 1.43. The van der Waals surface area contributed by atoms with Crippen molar-refractivity contribution in [3.8, 4) is 0 Å². The summed E-state index contributed by atoms with van der Waals surface area (Å²) in [6.07, 6.45) is 1.67. The highest BCUT2D eigenvalue weighted by atomic mass is 35.5. The number of amides is 1. The van der Waals surface area contributed by atoms with E-state index in [2.05, 4.69) is 15.2 Å². The highest BCUT2D eigenvalue weighted by Gasteiger charge is 2.14. The van der Waals surface area contributed by atoms with E-state index in [1.54, 1.807) is 6.20 Å². The molecule has 0 atom stereocenters. The van der Waals surface area contributed by atoms with Crippen LogP contribution in [0.1, 0.15) is 15.4 Å². The number of hydrogen-bond acceptors (Lipinski definition) is 5. The highest BCUT2D eigenvalue weighted by molar-refractivity contribution is 7.16. The Labute approximate surface area is 137 Å². The van der Waals surface area contributed by atoms with Gasteiger partial charge >= 0.3 is 0 Å². The standard InChI is InChI=1S/C15H16ClN3O2S/c16-14-2-1-12(22-14)10-18-15(20)13-9-11(3-4-17-13)19-5-7-21-8-6-19/h1-4,9H,5-8,10H2,(H,18,20). The van der Waals surface area contributed by atoms with Crippen molar-refractivity contribution >= 4 is 34.5 Å². The topological polar surface area (TPSA) is 54.5 Å². The minimum absolute atomic E-state index is 0.181. The van der Waals surface area contributed by atoms with Crippen LogP contribution in [0.15, 0.2) is 30.5 Å². The Hall–Kier alpha value is -1.63. The van der Waals surface area contributed by atoms with Gasteiger partial charge in [-0.1, -0.05) is 11.6 Å². The molecule has 0 bridgehead atoms. The summed E-state index contributed by atoms with van der Waals surface area (Å²) in [5.74, 6) is -0.181. The predicted molar refractivity (Wildman–Crippen MR) is 87.8 cm³/mol. The lowest BCUT2D eigenvalue weighted by molar-refractivity contribution is 0.0946. The Balaban J connectivity index is 1.64. The molecule has 7 heteroatoms. The van der Waals surface area contributed by atoms with Gasteiger partial charge in [-0.15, -0.1) is 11.3 Å². The molecule has 1 amide bonds. The van der Waals surface area contributed by atoms with Crippen molar-refractivity contribution in [1.29, 1.82) is 0 Å². The van der Waals surface area contributed by atoms with E-state index in [-0.39, 0.29) is 5.91 Å². The van der Waals surface area contributed by atoms with Crippen LogP contribution in [-0.4, -0.2) is 37.2 Å². The molecule has 0 spiro atoms. The van der Waals surface area contributed by atoms with Crippen molar-refractivity contribution < 1.29 is 9.53 Å². The number of aromatic nitrogens is 1. The fourth-order valence-electron chi connectivity index (χ4n) is 2.27. The average molecular weight is 338 g/mol. The maximum absolute atomic E-state index is 12.2. The predicted octanol–water partition coefficient (Wildman–Crippen LogP) is 2.56. The quantitative estimate of drug-likeness (QED) is 0.931. The van der Waals surface area contributed by atoms with Gasteiger partial charge < -0.3 is 15.0 Å². The van der Waals surface area contributed by atoms with Crippen molar-refractivity contribution in [2.24, 2.45) is 0 Å². The van der Waals surface area contributed by atoms with Crippen molar-refractivity contribution in [2.75, 3.05) is 31.2 Å². The van der Waals surface area contributed by atoms with Crippen LogP contribution in [0.2, 0.25) is 4.34 Å². The molecule has 5 nitrogen and oxygen atoms in total. The minimum Gasteiger partial charge on any atom is -0.378 e. The summed E-state index contributed by atoms with van der Waals surface area (Å²) < 4.78 is 6.06. The van der Waals surface area contributed by atoms with E-state index >= 15 is 0 Å². The Bertz CT molecular complexity index is 656. The number of rotatable bonds is 4. The Kier molecular flexibility index (Phi) is 4.92. The third kappa shape index (κ3) is 3.76. The number of ether oxygens (including phenoxy) is 1. The van der Waals surface area contributed by atoms with E-state index in [0.29, 0.717) is 25.5 Å². The second-order valence-corrected chi connectivity index (χ2v) is 6.69. The SMILES string of the molecule is O=C(NCc1ccc(Cl)s1)c1cc(N2CCOCC2)ccn1. The van der Waals surface area contributed by atoms with Gasteiger partial charge in [-0.25, -0.2) is 0 Å². The molecule has 22 heavy (non-hydrogen) atoms. The largest absolute Gasteiger partial charge is 0.378 e. The zero-order valence-electron chi connectivity index (χ0n) is 11.9. The first kappa shape index (κ1) is 15.3. The fraction of sp³-hybridized carbons (Fsp3) is 0.333. The molecular formula is C15H16ClN3O2S. The summed E-state index contributed by atoms with van der Waals surface area (Å²) >= 11 is 7.34. The van der Waals surface area contributed by atoms with Gasteiger partial charge in [0, 0.05) is 29.9 Å². The first-order chi connectivity index (χ1) is 10.7. The maximum atomic E-state index is 12.2. The molecule has 3 heterocycles. The van der Waals surface area contributed by atoms with Crippen LogP contribution in [-0.2, 0) is 11.3 Å². The third-order valence-electron chi connectivity index (χ3n) is 3.40. The van der Waals surface area contributed by atoms with E-state index in [1.807, 2.05) is 24.3 Å². The number of halogens is 1. The van der Waals surface area contributed by atoms with Gasteiger partial charge in [0.1, 0.15) is 5.69 Å². The van der Waals surface area contributed by atoms with Crippen LogP contribution in [0.5, 0.6) is 0 Å². The molecule has 2 aromatic heterocycles. The van der Waals surface area contributed by atoms with Crippen LogP contribution in [0.4, 0.5) is 5.69 Å². The van der Waals surface area contributed by atoms with Crippen molar-refractivity contribution in [2.45, 2.75) is 6.54 Å². The second-order valence-electron chi connectivity index (χ2n) is 4.89. The van der Waals surface area contributed by atoms with Gasteiger partial charge in [0.25, 0.3) is 5.91 Å². The molecule has 1 aliphatic rings. The summed E-state index contributed by atoms with van der Waals surface area (Å²) in [5, 5.41) is 2.87. The number of thiophene rings is 1. The van der Waals surface area contributed by atoms with Crippen LogP contribution >= 0.6 is 22.9 Å². The number of morpholine rings is 1. The van der Waals surface area contributed by atoms with Gasteiger partial charge in [-0.3, -0.25) is 9.78 Å². The first-order valence-electron chi connectivity index (χ1n) is 7.03. The van der Waals surface area contributed by atoms with Crippen LogP contribution in [0.25, 0.3) is 0 Å². The number of carbonyl (C=O) groups is 1. The van der Waals surface area contributed by atoms with Crippen molar-refractivity contribution in [3.63, 3.8) is 0 Å². The fourth-order valence-corrected chi connectivity index (χ4v) is 3.29. The molecule has 1 N–H and O–H groups in total. The molecule has 0 aromatic carbocycles. The molecule has 1 aliphatic heterocycles. The van der Waals surface area contributed by atoms with Gasteiger partial charge in [0.2, 0.25) is 0 Å².